The highest BCUT2D eigenvalue weighted by Crippen LogP contribution is 2.44. The molecule has 0 bridgehead atoms. The van der Waals surface area contributed by atoms with Gasteiger partial charge in [-0.3, -0.25) is 14.8 Å². The average molecular weight is 475 g/mol. The molecule has 9 nitrogen and oxygen atoms in total. The normalized spacial score (nSPS) is 16.9. The monoisotopic (exact) mass is 474 g/mol. The number of ether oxygens (including phenoxy) is 1. The number of fused-ring (bicyclic) bond motifs is 3. The van der Waals surface area contributed by atoms with E-state index in [1.165, 1.54) is 22.0 Å². The van der Waals surface area contributed by atoms with Crippen LogP contribution in [0.25, 0.3) is 11.1 Å². The van der Waals surface area contributed by atoms with Crippen molar-refractivity contribution in [3.8, 4) is 11.1 Å². The van der Waals surface area contributed by atoms with Crippen LogP contribution in [0.4, 0.5) is 10.5 Å². The SMILES string of the molecule is O=C(Nc1cnn(CC(=O)N2CCCC[C@H]2C(=O)O)c1)OCC1c2ccccc2-c2ccccc21. The lowest BCUT2D eigenvalue weighted by molar-refractivity contribution is -0.152. The van der Waals surface area contributed by atoms with Gasteiger partial charge in [-0.2, -0.15) is 5.10 Å². The molecule has 0 saturated carbocycles. The number of likely N-dealkylation sites (tertiary alicyclic amines) is 1. The van der Waals surface area contributed by atoms with Crippen molar-refractivity contribution in [1.82, 2.24) is 14.7 Å². The number of carbonyl (C=O) groups is 3. The number of nitrogens with one attached hydrogen (secondary N) is 1. The first kappa shape index (κ1) is 22.6. The number of piperidine rings is 1. The van der Waals surface area contributed by atoms with E-state index in [1.807, 2.05) is 24.3 Å². The molecule has 1 aliphatic carbocycles. The van der Waals surface area contributed by atoms with E-state index >= 15 is 0 Å². The summed E-state index contributed by atoms with van der Waals surface area (Å²) in [7, 11) is 0. The fraction of sp³-hybridized carbons (Fsp3) is 0.308. The van der Waals surface area contributed by atoms with Gasteiger partial charge in [0.05, 0.1) is 11.9 Å². The number of aliphatic carboxylic acids is 1. The van der Waals surface area contributed by atoms with E-state index in [0.717, 1.165) is 35.1 Å². The van der Waals surface area contributed by atoms with Crippen molar-refractivity contribution in [2.75, 3.05) is 18.5 Å². The zero-order valence-corrected chi connectivity index (χ0v) is 19.1. The average Bonchev–Trinajstić information content (AvgIpc) is 3.44. The van der Waals surface area contributed by atoms with Crippen molar-refractivity contribution in [2.45, 2.75) is 37.8 Å². The van der Waals surface area contributed by atoms with Crippen LogP contribution in [-0.2, 0) is 20.9 Å². The van der Waals surface area contributed by atoms with Gasteiger partial charge in [-0.15, -0.1) is 0 Å². The Balaban J connectivity index is 1.18. The minimum absolute atomic E-state index is 0.0415. The van der Waals surface area contributed by atoms with Gasteiger partial charge in [-0.05, 0) is 41.5 Å². The largest absolute Gasteiger partial charge is 0.480 e. The summed E-state index contributed by atoms with van der Waals surface area (Å²) in [6.07, 6.45) is 4.37. The zero-order valence-electron chi connectivity index (χ0n) is 19.1. The topological polar surface area (TPSA) is 114 Å². The minimum atomic E-state index is -0.990. The Kier molecular flexibility index (Phi) is 6.22. The Labute approximate surface area is 202 Å². The molecule has 2 aromatic carbocycles. The molecular weight excluding hydrogens is 448 g/mol. The molecule has 180 valence electrons. The van der Waals surface area contributed by atoms with Gasteiger partial charge in [0.2, 0.25) is 5.91 Å². The third kappa shape index (κ3) is 4.62. The highest BCUT2D eigenvalue weighted by molar-refractivity contribution is 5.85. The summed E-state index contributed by atoms with van der Waals surface area (Å²) in [6.45, 7) is 0.510. The van der Waals surface area contributed by atoms with Gasteiger partial charge in [0.1, 0.15) is 19.2 Å². The van der Waals surface area contributed by atoms with Crippen LogP contribution in [0, 0.1) is 0 Å². The van der Waals surface area contributed by atoms with Gasteiger partial charge in [0.25, 0.3) is 0 Å². The summed E-state index contributed by atoms with van der Waals surface area (Å²) in [5, 5.41) is 16.2. The second-order valence-corrected chi connectivity index (χ2v) is 8.81. The van der Waals surface area contributed by atoms with E-state index in [9.17, 15) is 19.5 Å². The van der Waals surface area contributed by atoms with Crippen molar-refractivity contribution >= 4 is 23.7 Å². The maximum atomic E-state index is 12.7. The molecule has 2 aliphatic rings. The van der Waals surface area contributed by atoms with Gasteiger partial charge in [-0.25, -0.2) is 9.59 Å². The second kappa shape index (κ2) is 9.61. The standard InChI is InChI=1S/C26H26N4O5/c31-24(30-12-6-5-11-23(30)25(32)33)15-29-14-17(13-27-29)28-26(34)35-16-22-20-9-3-1-7-18(20)19-8-2-4-10-21(19)22/h1-4,7-10,13-14,22-23H,5-6,11-12,15-16H2,(H,28,34)(H,32,33)/t23-/m0/s1. The summed E-state index contributed by atoms with van der Waals surface area (Å²) < 4.78 is 6.93. The summed E-state index contributed by atoms with van der Waals surface area (Å²) in [5.74, 6) is -1.34. The highest BCUT2D eigenvalue weighted by atomic mass is 16.5. The maximum Gasteiger partial charge on any atom is 0.411 e. The Bertz CT molecular complexity index is 1220. The fourth-order valence-electron chi connectivity index (χ4n) is 4.98. The van der Waals surface area contributed by atoms with Gasteiger partial charge in [-0.1, -0.05) is 48.5 Å². The number of carbonyl (C=O) groups excluding carboxylic acids is 2. The highest BCUT2D eigenvalue weighted by Gasteiger charge is 2.32. The van der Waals surface area contributed by atoms with Crippen LogP contribution in [0.3, 0.4) is 0 Å². The van der Waals surface area contributed by atoms with E-state index in [2.05, 4.69) is 34.7 Å². The lowest BCUT2D eigenvalue weighted by Crippen LogP contribution is -2.49. The third-order valence-corrected chi connectivity index (χ3v) is 6.63. The summed E-state index contributed by atoms with van der Waals surface area (Å²) in [4.78, 5) is 38.0. The molecule has 35 heavy (non-hydrogen) atoms. The second-order valence-electron chi connectivity index (χ2n) is 8.81. The van der Waals surface area contributed by atoms with Crippen LogP contribution in [0.2, 0.25) is 0 Å². The number of carboxylic acids is 1. The van der Waals surface area contributed by atoms with Crippen molar-refractivity contribution in [3.63, 3.8) is 0 Å². The van der Waals surface area contributed by atoms with E-state index < -0.39 is 18.1 Å². The molecule has 3 aromatic rings. The van der Waals surface area contributed by atoms with Gasteiger partial charge in [0, 0.05) is 18.7 Å². The van der Waals surface area contributed by atoms with Crippen molar-refractivity contribution in [2.24, 2.45) is 0 Å². The molecule has 2 heterocycles. The van der Waals surface area contributed by atoms with Crippen LogP contribution < -0.4 is 5.32 Å². The number of benzene rings is 2. The first-order valence-electron chi connectivity index (χ1n) is 11.7. The first-order valence-corrected chi connectivity index (χ1v) is 11.7. The third-order valence-electron chi connectivity index (χ3n) is 6.63. The molecule has 1 atom stereocenters. The Morgan fingerprint density at radius 3 is 2.40 bits per heavy atom. The number of hydrogen-bond acceptors (Lipinski definition) is 5. The Morgan fingerprint density at radius 1 is 1.03 bits per heavy atom. The van der Waals surface area contributed by atoms with E-state index in [4.69, 9.17) is 4.74 Å². The first-order chi connectivity index (χ1) is 17.0. The van der Waals surface area contributed by atoms with E-state index in [0.29, 0.717) is 18.7 Å². The molecule has 0 spiro atoms. The van der Waals surface area contributed by atoms with Crippen molar-refractivity contribution in [1.29, 1.82) is 0 Å². The number of carboxylic acid groups (broad SMARTS) is 1. The summed E-state index contributed by atoms with van der Waals surface area (Å²) in [6, 6.07) is 15.4. The van der Waals surface area contributed by atoms with Gasteiger partial charge in [0.15, 0.2) is 0 Å². The lowest BCUT2D eigenvalue weighted by Gasteiger charge is -2.32. The molecule has 9 heteroatoms. The van der Waals surface area contributed by atoms with Crippen LogP contribution in [0.1, 0.15) is 36.3 Å². The number of nitrogens with zero attached hydrogens (tertiary/aromatic N) is 3. The molecule has 1 aliphatic heterocycles. The van der Waals surface area contributed by atoms with Gasteiger partial charge >= 0.3 is 12.1 Å². The van der Waals surface area contributed by atoms with Crippen LogP contribution >= 0.6 is 0 Å². The molecule has 1 fully saturated rings. The van der Waals surface area contributed by atoms with Crippen molar-refractivity contribution < 1.29 is 24.2 Å². The predicted molar refractivity (Wildman–Crippen MR) is 128 cm³/mol. The van der Waals surface area contributed by atoms with Gasteiger partial charge < -0.3 is 14.7 Å². The lowest BCUT2D eigenvalue weighted by atomic mass is 9.98. The van der Waals surface area contributed by atoms with Crippen LogP contribution in [0.15, 0.2) is 60.9 Å². The molecule has 0 unspecified atom stereocenters. The quantitative estimate of drug-likeness (QED) is 0.563. The van der Waals surface area contributed by atoms with E-state index in [-0.39, 0.29) is 25.0 Å². The Morgan fingerprint density at radius 2 is 1.71 bits per heavy atom. The zero-order chi connectivity index (χ0) is 24.4. The predicted octanol–water partition coefficient (Wildman–Crippen LogP) is 3.71. The molecule has 2 amide bonds. The number of anilines is 1. The molecular formula is C26H26N4O5. The minimum Gasteiger partial charge on any atom is -0.480 e. The molecule has 0 radical (unpaired) electrons. The fourth-order valence-corrected chi connectivity index (χ4v) is 4.98. The van der Waals surface area contributed by atoms with Crippen molar-refractivity contribution in [3.05, 3.63) is 72.1 Å². The number of aromatic nitrogens is 2. The van der Waals surface area contributed by atoms with Crippen LogP contribution in [-0.4, -0.2) is 57.0 Å². The Hall–Kier alpha value is -4.14. The molecule has 1 saturated heterocycles. The smallest absolute Gasteiger partial charge is 0.411 e. The number of hydrogen-bond donors (Lipinski definition) is 2. The molecule has 2 N–H and O–H groups in total. The number of rotatable bonds is 6. The molecule has 5 rings (SSSR count). The summed E-state index contributed by atoms with van der Waals surface area (Å²) in [5.41, 5.74) is 4.96. The molecule has 1 aromatic heterocycles. The summed E-state index contributed by atoms with van der Waals surface area (Å²) >= 11 is 0. The number of amides is 2. The maximum absolute atomic E-state index is 12.7. The van der Waals surface area contributed by atoms with Crippen LogP contribution in [0.5, 0.6) is 0 Å². The van der Waals surface area contributed by atoms with E-state index in [1.54, 1.807) is 0 Å².